The van der Waals surface area contributed by atoms with E-state index in [2.05, 4.69) is 5.32 Å². The maximum Gasteiger partial charge on any atom is 0.217 e. The van der Waals surface area contributed by atoms with Crippen molar-refractivity contribution in [2.75, 3.05) is 33.7 Å². The van der Waals surface area contributed by atoms with Gasteiger partial charge in [0.1, 0.15) is 6.54 Å². The van der Waals surface area contributed by atoms with Gasteiger partial charge in [-0.3, -0.25) is 4.79 Å². The molecule has 1 N–H and O–H groups in total. The summed E-state index contributed by atoms with van der Waals surface area (Å²) in [5, 5.41) is 12.9. The second-order valence-corrected chi connectivity index (χ2v) is 3.67. The Morgan fingerprint density at radius 3 is 2.31 bits per heavy atom. The van der Waals surface area contributed by atoms with Crippen LogP contribution in [0.1, 0.15) is 6.92 Å². The van der Waals surface area contributed by atoms with Crippen LogP contribution in [0, 0.1) is 0 Å². The average molecular weight is 188 g/mol. The van der Waals surface area contributed by atoms with Gasteiger partial charge in [-0.1, -0.05) is 0 Å². The van der Waals surface area contributed by atoms with Crippen molar-refractivity contribution in [1.29, 1.82) is 0 Å². The number of hydrogen-bond donors (Lipinski definition) is 1. The van der Waals surface area contributed by atoms with Crippen LogP contribution in [0.15, 0.2) is 0 Å². The van der Waals surface area contributed by atoms with E-state index < -0.39 is 5.97 Å². The predicted octanol–water partition coefficient (Wildman–Crippen LogP) is -2.05. The average Bonchev–Trinajstić information content (AvgIpc) is 1.81. The Bertz CT molecular complexity index is 202. The Hall–Kier alpha value is -1.10. The Kier molecular flexibility index (Phi) is 4.40. The van der Waals surface area contributed by atoms with E-state index in [0.717, 1.165) is 0 Å². The zero-order valence-corrected chi connectivity index (χ0v) is 8.29. The lowest BCUT2D eigenvalue weighted by Crippen LogP contribution is -2.51. The number of nitrogens with one attached hydrogen (secondary N) is 1. The highest BCUT2D eigenvalue weighted by Gasteiger charge is 2.14. The van der Waals surface area contributed by atoms with Gasteiger partial charge in [-0.15, -0.1) is 0 Å². The summed E-state index contributed by atoms with van der Waals surface area (Å²) in [6.07, 6.45) is 0. The van der Waals surface area contributed by atoms with E-state index in [1.165, 1.54) is 6.92 Å². The second-order valence-electron chi connectivity index (χ2n) is 3.67. The molecule has 0 aromatic carbocycles. The Balaban J connectivity index is 3.75. The molecular weight excluding hydrogens is 172 g/mol. The third-order valence-corrected chi connectivity index (χ3v) is 1.65. The minimum Gasteiger partial charge on any atom is -0.544 e. The Morgan fingerprint density at radius 1 is 1.38 bits per heavy atom. The number of nitrogens with zero attached hydrogens (tertiary/aromatic N) is 1. The molecule has 0 saturated carbocycles. The highest BCUT2D eigenvalue weighted by atomic mass is 16.4. The van der Waals surface area contributed by atoms with Gasteiger partial charge in [-0.2, -0.15) is 0 Å². The lowest BCUT2D eigenvalue weighted by Gasteiger charge is -2.29. The van der Waals surface area contributed by atoms with E-state index in [-0.39, 0.29) is 12.5 Å². The molecule has 1 amide bonds. The quantitative estimate of drug-likeness (QED) is 0.505. The zero-order chi connectivity index (χ0) is 10.5. The summed E-state index contributed by atoms with van der Waals surface area (Å²) in [4.78, 5) is 20.8. The molecule has 0 atom stereocenters. The summed E-state index contributed by atoms with van der Waals surface area (Å²) in [7, 11) is 3.55. The van der Waals surface area contributed by atoms with Crippen LogP contribution >= 0.6 is 0 Å². The van der Waals surface area contributed by atoms with Crippen molar-refractivity contribution in [1.82, 2.24) is 5.32 Å². The standard InChI is InChI=1S/C8H16N2O3/c1-7(11)9-4-5-10(2,3)6-8(12)13/h4-6H2,1-3H3,(H-,9,11,12,13). The molecule has 0 aliphatic heterocycles. The number of likely N-dealkylation sites (N-methyl/N-ethyl adjacent to an activating group) is 1. The number of amides is 1. The van der Waals surface area contributed by atoms with E-state index in [1.807, 2.05) is 0 Å². The first-order chi connectivity index (χ1) is 5.83. The van der Waals surface area contributed by atoms with Crippen LogP contribution in [0.2, 0.25) is 0 Å². The van der Waals surface area contributed by atoms with Crippen molar-refractivity contribution in [3.8, 4) is 0 Å². The molecule has 0 heterocycles. The molecule has 13 heavy (non-hydrogen) atoms. The van der Waals surface area contributed by atoms with Crippen molar-refractivity contribution in [2.45, 2.75) is 6.92 Å². The maximum absolute atomic E-state index is 10.5. The molecular formula is C8H16N2O3. The minimum absolute atomic E-state index is 0.0421. The summed E-state index contributed by atoms with van der Waals surface area (Å²) < 4.78 is 0.308. The van der Waals surface area contributed by atoms with Crippen molar-refractivity contribution >= 4 is 11.9 Å². The van der Waals surface area contributed by atoms with Crippen LogP contribution in [-0.2, 0) is 9.59 Å². The van der Waals surface area contributed by atoms with Gasteiger partial charge < -0.3 is 19.7 Å². The molecule has 0 spiro atoms. The van der Waals surface area contributed by atoms with Gasteiger partial charge in [0.2, 0.25) is 5.91 Å². The Labute approximate surface area is 77.9 Å². The fourth-order valence-corrected chi connectivity index (χ4v) is 0.963. The molecule has 0 radical (unpaired) electrons. The molecule has 0 fully saturated rings. The van der Waals surface area contributed by atoms with E-state index in [9.17, 15) is 14.7 Å². The number of carboxylic acid groups (broad SMARTS) is 1. The lowest BCUT2D eigenvalue weighted by molar-refractivity contribution is -0.883. The van der Waals surface area contributed by atoms with E-state index in [4.69, 9.17) is 0 Å². The van der Waals surface area contributed by atoms with Gasteiger partial charge >= 0.3 is 0 Å². The molecule has 0 aromatic heterocycles. The molecule has 0 aliphatic rings. The third kappa shape index (κ3) is 7.27. The molecule has 0 bridgehead atoms. The zero-order valence-electron chi connectivity index (χ0n) is 8.29. The number of rotatable bonds is 5. The number of aliphatic carboxylic acids is 1. The first-order valence-corrected chi connectivity index (χ1v) is 4.10. The SMILES string of the molecule is CC(=O)NCC[N+](C)(C)CC(=O)[O-]. The molecule has 0 saturated heterocycles. The van der Waals surface area contributed by atoms with Crippen LogP contribution < -0.4 is 10.4 Å². The topological polar surface area (TPSA) is 69.2 Å². The summed E-state index contributed by atoms with van der Waals surface area (Å²) in [6, 6.07) is 0. The fraction of sp³-hybridized carbons (Fsp3) is 0.750. The molecule has 0 aromatic rings. The molecule has 0 unspecified atom stereocenters. The van der Waals surface area contributed by atoms with Crippen LogP contribution in [0.4, 0.5) is 0 Å². The van der Waals surface area contributed by atoms with Crippen molar-refractivity contribution in [3.05, 3.63) is 0 Å². The smallest absolute Gasteiger partial charge is 0.217 e. The fourth-order valence-electron chi connectivity index (χ4n) is 0.963. The third-order valence-electron chi connectivity index (χ3n) is 1.65. The van der Waals surface area contributed by atoms with Gasteiger partial charge in [0.25, 0.3) is 0 Å². The number of carbonyl (C=O) groups excluding carboxylic acids is 2. The first kappa shape index (κ1) is 11.9. The highest BCUT2D eigenvalue weighted by molar-refractivity contribution is 5.72. The van der Waals surface area contributed by atoms with Crippen LogP contribution in [0.25, 0.3) is 0 Å². The summed E-state index contributed by atoms with van der Waals surface area (Å²) in [5.41, 5.74) is 0. The second kappa shape index (κ2) is 4.81. The molecule has 5 nitrogen and oxygen atoms in total. The number of carboxylic acids is 1. The van der Waals surface area contributed by atoms with Crippen LogP contribution in [0.3, 0.4) is 0 Å². The van der Waals surface area contributed by atoms with E-state index in [0.29, 0.717) is 17.6 Å². The Morgan fingerprint density at radius 2 is 1.92 bits per heavy atom. The normalized spacial score (nSPS) is 11.0. The molecule has 0 aliphatic carbocycles. The highest BCUT2D eigenvalue weighted by Crippen LogP contribution is 1.93. The number of carbonyl (C=O) groups is 2. The largest absolute Gasteiger partial charge is 0.544 e. The van der Waals surface area contributed by atoms with Crippen LogP contribution in [-0.4, -0.2) is 50.1 Å². The maximum atomic E-state index is 10.5. The van der Waals surface area contributed by atoms with E-state index >= 15 is 0 Å². The lowest BCUT2D eigenvalue weighted by atomic mass is 10.4. The molecule has 5 heteroatoms. The molecule has 76 valence electrons. The van der Waals surface area contributed by atoms with Crippen molar-refractivity contribution in [2.24, 2.45) is 0 Å². The van der Waals surface area contributed by atoms with Crippen LogP contribution in [0.5, 0.6) is 0 Å². The monoisotopic (exact) mass is 188 g/mol. The number of quaternary nitrogens is 1. The predicted molar refractivity (Wildman–Crippen MR) is 45.5 cm³/mol. The van der Waals surface area contributed by atoms with Gasteiger partial charge in [-0.25, -0.2) is 0 Å². The van der Waals surface area contributed by atoms with Gasteiger partial charge in [-0.05, 0) is 0 Å². The van der Waals surface area contributed by atoms with Gasteiger partial charge in [0.05, 0.1) is 33.2 Å². The first-order valence-electron chi connectivity index (χ1n) is 4.10. The van der Waals surface area contributed by atoms with E-state index in [1.54, 1.807) is 14.1 Å². The summed E-state index contributed by atoms with van der Waals surface area (Å²) >= 11 is 0. The van der Waals surface area contributed by atoms with Gasteiger partial charge in [0.15, 0.2) is 0 Å². The number of hydrogen-bond acceptors (Lipinski definition) is 3. The van der Waals surface area contributed by atoms with Gasteiger partial charge in [0, 0.05) is 6.92 Å². The molecule has 0 rings (SSSR count). The summed E-state index contributed by atoms with van der Waals surface area (Å²) in [6.45, 7) is 2.45. The minimum atomic E-state index is -1.08. The van der Waals surface area contributed by atoms with Crippen molar-refractivity contribution in [3.63, 3.8) is 0 Å². The van der Waals surface area contributed by atoms with Crippen molar-refractivity contribution < 1.29 is 19.2 Å². The summed E-state index contributed by atoms with van der Waals surface area (Å²) in [5.74, 6) is -1.18.